The van der Waals surface area contributed by atoms with E-state index in [0.717, 1.165) is 11.1 Å². The molecule has 0 saturated carbocycles. The van der Waals surface area contributed by atoms with E-state index >= 15 is 0 Å². The lowest BCUT2D eigenvalue weighted by Crippen LogP contribution is -2.08. The predicted molar refractivity (Wildman–Crippen MR) is 142 cm³/mol. The second-order valence-corrected chi connectivity index (χ2v) is 8.37. The first-order valence-corrected chi connectivity index (χ1v) is 11.5. The molecule has 0 fully saturated rings. The molecule has 0 amide bonds. The Labute approximate surface area is 216 Å². The van der Waals surface area contributed by atoms with Crippen molar-refractivity contribution in [3.63, 3.8) is 0 Å². The SMILES string of the molecule is C=C(C)C(=O)OCCc1cccc(N=Nc2ccc(N=Nc3ccc(OC(=O)C(=C)C)c(C)c3)cc2)c1. The molecule has 188 valence electrons. The molecule has 0 saturated heterocycles. The lowest BCUT2D eigenvalue weighted by Gasteiger charge is -2.07. The van der Waals surface area contributed by atoms with E-state index in [2.05, 4.69) is 33.6 Å². The molecule has 0 unspecified atom stereocenters. The van der Waals surface area contributed by atoms with Crippen LogP contribution < -0.4 is 4.74 Å². The van der Waals surface area contributed by atoms with E-state index in [1.165, 1.54) is 0 Å². The van der Waals surface area contributed by atoms with Crippen molar-refractivity contribution in [1.82, 2.24) is 0 Å². The molecule has 0 N–H and O–H groups in total. The molecule has 0 atom stereocenters. The Bertz CT molecular complexity index is 1370. The van der Waals surface area contributed by atoms with Crippen LogP contribution in [0.15, 0.2) is 111 Å². The van der Waals surface area contributed by atoms with E-state index in [-0.39, 0.29) is 6.61 Å². The van der Waals surface area contributed by atoms with E-state index < -0.39 is 11.9 Å². The molecular weight excluding hydrogens is 468 g/mol. The molecule has 0 radical (unpaired) electrons. The maximum absolute atomic E-state index is 11.7. The number of hydrogen-bond acceptors (Lipinski definition) is 8. The van der Waals surface area contributed by atoms with E-state index in [0.29, 0.717) is 46.1 Å². The number of esters is 2. The van der Waals surface area contributed by atoms with Crippen molar-refractivity contribution in [3.8, 4) is 5.75 Å². The van der Waals surface area contributed by atoms with Gasteiger partial charge in [-0.3, -0.25) is 0 Å². The molecule has 3 aromatic carbocycles. The average Bonchev–Trinajstić information content (AvgIpc) is 2.88. The fourth-order valence-electron chi connectivity index (χ4n) is 2.97. The predicted octanol–water partition coefficient (Wildman–Crippen LogP) is 7.97. The summed E-state index contributed by atoms with van der Waals surface area (Å²) in [5.74, 6) is -0.407. The number of rotatable bonds is 10. The van der Waals surface area contributed by atoms with Crippen molar-refractivity contribution in [2.75, 3.05) is 6.61 Å². The van der Waals surface area contributed by atoms with Gasteiger partial charge in [-0.05, 0) is 86.5 Å². The molecule has 0 aliphatic rings. The smallest absolute Gasteiger partial charge is 0.338 e. The monoisotopic (exact) mass is 496 g/mol. The van der Waals surface area contributed by atoms with E-state index in [1.807, 2.05) is 31.2 Å². The Morgan fingerprint density at radius 1 is 0.730 bits per heavy atom. The van der Waals surface area contributed by atoms with Crippen LogP contribution in [0.25, 0.3) is 0 Å². The minimum Gasteiger partial charge on any atom is -0.462 e. The number of hydrogen-bond donors (Lipinski definition) is 0. The maximum Gasteiger partial charge on any atom is 0.338 e. The summed E-state index contributed by atoms with van der Waals surface area (Å²) < 4.78 is 10.4. The Kier molecular flexibility index (Phi) is 9.32. The van der Waals surface area contributed by atoms with Gasteiger partial charge in [0.2, 0.25) is 0 Å². The normalized spacial score (nSPS) is 11.0. The zero-order valence-corrected chi connectivity index (χ0v) is 21.1. The number of aryl methyl sites for hydroxylation is 1. The van der Waals surface area contributed by atoms with E-state index in [1.54, 1.807) is 56.3 Å². The molecule has 0 spiro atoms. The Hall–Kier alpha value is -4.72. The van der Waals surface area contributed by atoms with Crippen molar-refractivity contribution < 1.29 is 19.1 Å². The summed E-state index contributed by atoms with van der Waals surface area (Å²) in [4.78, 5) is 23.2. The van der Waals surface area contributed by atoms with Crippen molar-refractivity contribution in [2.24, 2.45) is 20.5 Å². The fourth-order valence-corrected chi connectivity index (χ4v) is 2.97. The van der Waals surface area contributed by atoms with Gasteiger partial charge >= 0.3 is 11.9 Å². The lowest BCUT2D eigenvalue weighted by molar-refractivity contribution is -0.138. The van der Waals surface area contributed by atoms with Gasteiger partial charge < -0.3 is 9.47 Å². The zero-order chi connectivity index (χ0) is 26.8. The molecule has 0 heterocycles. The summed E-state index contributed by atoms with van der Waals surface area (Å²) in [6.07, 6.45) is 0.573. The van der Waals surface area contributed by atoms with Crippen LogP contribution in [0.4, 0.5) is 22.7 Å². The van der Waals surface area contributed by atoms with Crippen molar-refractivity contribution in [2.45, 2.75) is 27.2 Å². The number of carbonyl (C=O) groups is 2. The van der Waals surface area contributed by atoms with Gasteiger partial charge in [0.25, 0.3) is 0 Å². The molecule has 3 aromatic rings. The molecular formula is C29H28N4O4. The average molecular weight is 497 g/mol. The summed E-state index contributed by atoms with van der Waals surface area (Å²) >= 11 is 0. The molecule has 8 nitrogen and oxygen atoms in total. The number of nitrogens with zero attached hydrogens (tertiary/aromatic N) is 4. The number of carbonyl (C=O) groups excluding carboxylic acids is 2. The van der Waals surface area contributed by atoms with Crippen LogP contribution in [0.5, 0.6) is 5.75 Å². The quantitative estimate of drug-likeness (QED) is 0.123. The van der Waals surface area contributed by atoms with Gasteiger partial charge in [0.1, 0.15) is 5.75 Å². The number of azo groups is 2. The van der Waals surface area contributed by atoms with Crippen LogP contribution in [0.1, 0.15) is 25.0 Å². The molecule has 0 aromatic heterocycles. The van der Waals surface area contributed by atoms with Crippen LogP contribution in [0.3, 0.4) is 0 Å². The first-order chi connectivity index (χ1) is 17.7. The molecule has 37 heavy (non-hydrogen) atoms. The van der Waals surface area contributed by atoms with Crippen LogP contribution in [0, 0.1) is 6.92 Å². The Morgan fingerprint density at radius 3 is 1.84 bits per heavy atom. The van der Waals surface area contributed by atoms with Gasteiger partial charge in [-0.1, -0.05) is 25.3 Å². The van der Waals surface area contributed by atoms with Crippen molar-refractivity contribution in [1.29, 1.82) is 0 Å². The van der Waals surface area contributed by atoms with Crippen molar-refractivity contribution >= 4 is 34.7 Å². The third kappa shape index (κ3) is 8.47. The number of ether oxygens (including phenoxy) is 2. The highest BCUT2D eigenvalue weighted by atomic mass is 16.5. The van der Waals surface area contributed by atoms with Crippen LogP contribution in [-0.4, -0.2) is 18.5 Å². The number of benzene rings is 3. The van der Waals surface area contributed by atoms with E-state index in [4.69, 9.17) is 9.47 Å². The first kappa shape index (κ1) is 26.9. The summed E-state index contributed by atoms with van der Waals surface area (Å²) in [5, 5.41) is 17.1. The highest BCUT2D eigenvalue weighted by molar-refractivity contribution is 5.89. The topological polar surface area (TPSA) is 102 Å². The summed E-state index contributed by atoms with van der Waals surface area (Å²) in [5.41, 5.74) is 5.10. The molecule has 0 aliphatic heterocycles. The standard InChI is InChI=1S/C29H28N4O4/c1-19(2)28(34)36-16-15-22-7-6-8-25(18-22)32-30-23-9-11-24(12-10-23)31-33-26-13-14-27(21(5)17-26)37-29(35)20(3)4/h6-14,17-18H,1,3,15-16H2,2,4-5H3. The fraction of sp³-hybridized carbons (Fsp3) is 0.172. The molecule has 8 heteroatoms. The Balaban J connectivity index is 1.58. The van der Waals surface area contributed by atoms with Gasteiger partial charge in [0, 0.05) is 17.6 Å². The first-order valence-electron chi connectivity index (χ1n) is 11.5. The Morgan fingerprint density at radius 2 is 1.27 bits per heavy atom. The van der Waals surface area contributed by atoms with Gasteiger partial charge in [-0.2, -0.15) is 20.5 Å². The summed E-state index contributed by atoms with van der Waals surface area (Å²) in [6, 6.07) is 19.9. The molecule has 0 bridgehead atoms. The summed E-state index contributed by atoms with van der Waals surface area (Å²) in [7, 11) is 0. The van der Waals surface area contributed by atoms with Gasteiger partial charge in [-0.25, -0.2) is 9.59 Å². The highest BCUT2D eigenvalue weighted by Crippen LogP contribution is 2.27. The van der Waals surface area contributed by atoms with Crippen LogP contribution >= 0.6 is 0 Å². The van der Waals surface area contributed by atoms with Crippen LogP contribution in [-0.2, 0) is 20.7 Å². The highest BCUT2D eigenvalue weighted by Gasteiger charge is 2.08. The van der Waals surface area contributed by atoms with Gasteiger partial charge in [0.05, 0.1) is 29.4 Å². The minimum atomic E-state index is -0.468. The molecule has 0 aliphatic carbocycles. The summed E-state index contributed by atoms with van der Waals surface area (Å²) in [6.45, 7) is 12.5. The van der Waals surface area contributed by atoms with E-state index in [9.17, 15) is 9.59 Å². The van der Waals surface area contributed by atoms with Crippen LogP contribution in [0.2, 0.25) is 0 Å². The van der Waals surface area contributed by atoms with Crippen molar-refractivity contribution in [3.05, 3.63) is 102 Å². The largest absolute Gasteiger partial charge is 0.462 e. The molecule has 3 rings (SSSR count). The zero-order valence-electron chi connectivity index (χ0n) is 21.1. The third-order valence-electron chi connectivity index (χ3n) is 5.00. The maximum atomic E-state index is 11.7. The second kappa shape index (κ2) is 12.8. The van der Waals surface area contributed by atoms with Gasteiger partial charge in [0.15, 0.2) is 0 Å². The third-order valence-corrected chi connectivity index (χ3v) is 5.00. The second-order valence-electron chi connectivity index (χ2n) is 8.37. The minimum absolute atomic E-state index is 0.272. The van der Waals surface area contributed by atoms with Gasteiger partial charge in [-0.15, -0.1) is 0 Å². The lowest BCUT2D eigenvalue weighted by atomic mass is 10.1.